The Morgan fingerprint density at radius 3 is 2.61 bits per heavy atom. The number of benzene rings is 1. The van der Waals surface area contributed by atoms with Gasteiger partial charge in [-0.1, -0.05) is 32.0 Å². The average molecular weight is 395 g/mol. The molecule has 0 bridgehead atoms. The van der Waals surface area contributed by atoms with Gasteiger partial charge in [-0.3, -0.25) is 4.98 Å². The van der Waals surface area contributed by atoms with Gasteiger partial charge in [0.25, 0.3) is 0 Å². The summed E-state index contributed by atoms with van der Waals surface area (Å²) in [4.78, 5) is 6.76. The molecule has 0 aliphatic carbocycles. The van der Waals surface area contributed by atoms with Crippen molar-refractivity contribution in [3.63, 3.8) is 0 Å². The Morgan fingerprint density at radius 2 is 1.89 bits per heavy atom. The number of hydrogen-bond acceptors (Lipinski definition) is 2. The molecule has 4 nitrogen and oxygen atoms in total. The van der Waals surface area contributed by atoms with Gasteiger partial charge in [-0.2, -0.15) is 0 Å². The van der Waals surface area contributed by atoms with Crippen molar-refractivity contribution in [3.05, 3.63) is 84.2 Å². The topological polar surface area (TPSA) is 33.1 Å². The Balaban J connectivity index is 1.83. The van der Waals surface area contributed by atoms with Crippen molar-refractivity contribution in [3.8, 4) is 5.69 Å². The normalized spacial score (nSPS) is 19.3. The Kier molecular flexibility index (Phi) is 5.13. The summed E-state index contributed by atoms with van der Waals surface area (Å²) in [6.07, 6.45) is 3.69. The number of thiocarbonyl (C=S) groups is 1. The highest BCUT2D eigenvalue weighted by Gasteiger charge is 2.41. The molecule has 1 saturated heterocycles. The third-order valence-corrected chi connectivity index (χ3v) is 5.31. The maximum atomic E-state index is 14.5. The molecular formula is C22H23FN4S. The van der Waals surface area contributed by atoms with Crippen LogP contribution in [-0.4, -0.2) is 26.1 Å². The lowest BCUT2D eigenvalue weighted by Crippen LogP contribution is -2.33. The van der Waals surface area contributed by atoms with Crippen LogP contribution in [0, 0.1) is 11.7 Å². The minimum atomic E-state index is -0.252. The largest absolute Gasteiger partial charge is 0.352 e. The van der Waals surface area contributed by atoms with E-state index in [2.05, 4.69) is 29.0 Å². The van der Waals surface area contributed by atoms with Crippen LogP contribution < -0.4 is 5.32 Å². The Bertz CT molecular complexity index is 969. The van der Waals surface area contributed by atoms with Crippen LogP contribution in [0.1, 0.15) is 37.3 Å². The van der Waals surface area contributed by atoms with Crippen LogP contribution in [0.4, 0.5) is 4.39 Å². The van der Waals surface area contributed by atoms with Crippen molar-refractivity contribution in [1.29, 1.82) is 0 Å². The van der Waals surface area contributed by atoms with Gasteiger partial charge in [0.1, 0.15) is 5.82 Å². The smallest absolute Gasteiger partial charge is 0.170 e. The van der Waals surface area contributed by atoms with E-state index in [1.165, 1.54) is 6.07 Å². The Labute approximate surface area is 170 Å². The maximum absolute atomic E-state index is 14.5. The van der Waals surface area contributed by atoms with Crippen molar-refractivity contribution in [2.45, 2.75) is 25.9 Å². The van der Waals surface area contributed by atoms with Gasteiger partial charge in [0.2, 0.25) is 0 Å². The van der Waals surface area contributed by atoms with Gasteiger partial charge in [0.05, 0.1) is 23.5 Å². The van der Waals surface area contributed by atoms with E-state index in [1.54, 1.807) is 18.3 Å². The molecular weight excluding hydrogens is 371 g/mol. The van der Waals surface area contributed by atoms with Crippen LogP contribution in [0.2, 0.25) is 0 Å². The molecule has 1 aliphatic rings. The summed E-state index contributed by atoms with van der Waals surface area (Å²) in [5.41, 5.74) is 2.43. The SMILES string of the molecule is CC(C)CN1C(=S)N[C@H](c2ccccn2)[C@@H]1c1cccn1-c1ccccc1F. The molecule has 2 atom stereocenters. The van der Waals surface area contributed by atoms with Gasteiger partial charge in [-0.15, -0.1) is 0 Å². The molecule has 0 unspecified atom stereocenters. The highest BCUT2D eigenvalue weighted by molar-refractivity contribution is 7.80. The van der Waals surface area contributed by atoms with Crippen molar-refractivity contribution >= 4 is 17.3 Å². The van der Waals surface area contributed by atoms with Crippen molar-refractivity contribution in [1.82, 2.24) is 19.8 Å². The summed E-state index contributed by atoms with van der Waals surface area (Å²) < 4.78 is 16.5. The standard InChI is InChI=1S/C22H23FN4S/c1-15(2)14-27-21(20(25-22(27)28)17-9-5-6-12-24-17)19-11-7-13-26(19)18-10-4-3-8-16(18)23/h3-13,15,20-21H,14H2,1-2H3,(H,25,28)/t20-,21+/m1/s1. The first-order chi connectivity index (χ1) is 13.6. The molecule has 3 aromatic rings. The third-order valence-electron chi connectivity index (χ3n) is 4.95. The van der Waals surface area contributed by atoms with Crippen molar-refractivity contribution in [2.75, 3.05) is 6.54 Å². The summed E-state index contributed by atoms with van der Waals surface area (Å²) in [5, 5.41) is 4.15. The quantitative estimate of drug-likeness (QED) is 0.639. The lowest BCUT2D eigenvalue weighted by atomic mass is 10.0. The second-order valence-corrected chi connectivity index (χ2v) is 7.81. The Hall–Kier alpha value is -2.73. The second-order valence-electron chi connectivity index (χ2n) is 7.43. The van der Waals surface area contributed by atoms with E-state index in [0.717, 1.165) is 17.9 Å². The number of rotatable bonds is 5. The summed E-state index contributed by atoms with van der Waals surface area (Å²) in [7, 11) is 0. The van der Waals surface area contributed by atoms with E-state index >= 15 is 0 Å². The van der Waals surface area contributed by atoms with Crippen molar-refractivity contribution < 1.29 is 4.39 Å². The number of hydrogen-bond donors (Lipinski definition) is 1. The number of nitrogens with one attached hydrogen (secondary N) is 1. The lowest BCUT2D eigenvalue weighted by Gasteiger charge is -2.30. The fourth-order valence-electron chi connectivity index (χ4n) is 3.82. The first-order valence-corrected chi connectivity index (χ1v) is 9.87. The molecule has 1 aliphatic heterocycles. The van der Waals surface area contributed by atoms with Gasteiger partial charge in [0.15, 0.2) is 5.11 Å². The monoisotopic (exact) mass is 394 g/mol. The summed E-state index contributed by atoms with van der Waals surface area (Å²) in [6, 6.07) is 16.5. The van der Waals surface area contributed by atoms with Crippen LogP contribution >= 0.6 is 12.2 Å². The molecule has 1 N–H and O–H groups in total. The highest BCUT2D eigenvalue weighted by atomic mass is 32.1. The second kappa shape index (κ2) is 7.72. The number of aromatic nitrogens is 2. The summed E-state index contributed by atoms with van der Waals surface area (Å²) in [6.45, 7) is 5.15. The molecule has 28 heavy (non-hydrogen) atoms. The molecule has 1 aromatic carbocycles. The van der Waals surface area contributed by atoms with E-state index in [0.29, 0.717) is 16.7 Å². The van der Waals surface area contributed by atoms with Gasteiger partial charge in [-0.05, 0) is 54.5 Å². The minimum absolute atomic E-state index is 0.0839. The van der Waals surface area contributed by atoms with Crippen LogP contribution in [0.5, 0.6) is 0 Å². The van der Waals surface area contributed by atoms with E-state index in [-0.39, 0.29) is 17.9 Å². The zero-order valence-corrected chi connectivity index (χ0v) is 16.7. The van der Waals surface area contributed by atoms with Gasteiger partial charge in [0, 0.05) is 24.6 Å². The van der Waals surface area contributed by atoms with Crippen LogP contribution in [0.25, 0.3) is 5.69 Å². The molecule has 144 valence electrons. The van der Waals surface area contributed by atoms with Gasteiger partial charge >= 0.3 is 0 Å². The predicted molar refractivity (Wildman–Crippen MR) is 113 cm³/mol. The van der Waals surface area contributed by atoms with Crippen molar-refractivity contribution in [2.24, 2.45) is 5.92 Å². The fourth-order valence-corrected chi connectivity index (χ4v) is 4.13. The maximum Gasteiger partial charge on any atom is 0.170 e. The predicted octanol–water partition coefficient (Wildman–Crippen LogP) is 4.64. The van der Waals surface area contributed by atoms with Gasteiger partial charge in [-0.25, -0.2) is 4.39 Å². The Morgan fingerprint density at radius 1 is 1.11 bits per heavy atom. The minimum Gasteiger partial charge on any atom is -0.352 e. The number of halogens is 1. The molecule has 0 spiro atoms. The average Bonchev–Trinajstić information content (AvgIpc) is 3.27. The zero-order chi connectivity index (χ0) is 19.7. The number of nitrogens with zero attached hydrogens (tertiary/aromatic N) is 3. The zero-order valence-electron chi connectivity index (χ0n) is 15.9. The molecule has 1 fully saturated rings. The number of pyridine rings is 1. The number of para-hydroxylation sites is 1. The van der Waals surface area contributed by atoms with E-state index < -0.39 is 0 Å². The molecule has 4 rings (SSSR count). The van der Waals surface area contributed by atoms with E-state index in [1.807, 2.05) is 47.2 Å². The molecule has 6 heteroatoms. The molecule has 0 radical (unpaired) electrons. The van der Waals surface area contributed by atoms with Gasteiger partial charge < -0.3 is 14.8 Å². The highest BCUT2D eigenvalue weighted by Crippen LogP contribution is 2.40. The molecule has 2 aromatic heterocycles. The van der Waals surface area contributed by atoms with E-state index in [4.69, 9.17) is 12.2 Å². The summed E-state index contributed by atoms with van der Waals surface area (Å²) >= 11 is 5.68. The summed E-state index contributed by atoms with van der Waals surface area (Å²) in [5.74, 6) is 0.180. The first-order valence-electron chi connectivity index (χ1n) is 9.46. The van der Waals surface area contributed by atoms with E-state index in [9.17, 15) is 4.39 Å². The van der Waals surface area contributed by atoms with Crippen LogP contribution in [0.15, 0.2) is 67.0 Å². The molecule has 3 heterocycles. The van der Waals surface area contributed by atoms with Crippen LogP contribution in [0.3, 0.4) is 0 Å². The molecule has 0 saturated carbocycles. The fraction of sp³-hybridized carbons (Fsp3) is 0.273. The first kappa shape index (κ1) is 18.6. The third kappa shape index (κ3) is 3.40. The molecule has 0 amide bonds. The lowest BCUT2D eigenvalue weighted by molar-refractivity contribution is 0.280. The van der Waals surface area contributed by atoms with Crippen LogP contribution in [-0.2, 0) is 0 Å².